The topological polar surface area (TPSA) is 37.3 Å². The summed E-state index contributed by atoms with van der Waals surface area (Å²) in [5.74, 6) is -0.893. The molecule has 1 N–H and O–H groups in total. The predicted octanol–water partition coefficient (Wildman–Crippen LogP) is 9.03. The van der Waals surface area contributed by atoms with E-state index in [9.17, 15) is 18.0 Å². The molecule has 32 heavy (non-hydrogen) atoms. The molecule has 4 aromatic rings. The molecule has 3 aromatic carbocycles. The molecule has 0 radical (unpaired) electrons. The van der Waals surface area contributed by atoms with Crippen LogP contribution in [-0.2, 0) is 12.6 Å². The molecular weight excluding hydrogens is 684 g/mol. The number of hydrogen-bond donors (Lipinski definition) is 1. The molecule has 1 aromatic heterocycles. The lowest BCUT2D eigenvalue weighted by Crippen LogP contribution is -2.09. The second-order valence-electron chi connectivity index (χ2n) is 6.66. The van der Waals surface area contributed by atoms with Crippen LogP contribution >= 0.6 is 65.8 Å². The van der Waals surface area contributed by atoms with Crippen LogP contribution in [0.3, 0.4) is 0 Å². The molecule has 166 valence electrons. The summed E-state index contributed by atoms with van der Waals surface area (Å²) in [5.41, 5.74) is 0.0616. The molecule has 0 aliphatic heterocycles. The Balaban J connectivity index is 0.000000222. The van der Waals surface area contributed by atoms with Crippen LogP contribution in [-0.4, -0.2) is 11.1 Å². The van der Waals surface area contributed by atoms with E-state index in [1.165, 1.54) is 17.4 Å². The smallest absolute Gasteiger partial charge is 0.416 e. The molecule has 0 unspecified atom stereocenters. The fourth-order valence-corrected chi connectivity index (χ4v) is 5.38. The van der Waals surface area contributed by atoms with Crippen LogP contribution in [0, 0.1) is 3.57 Å². The molecule has 0 fully saturated rings. The minimum absolute atomic E-state index is 0.285. The van der Waals surface area contributed by atoms with Crippen molar-refractivity contribution >= 4 is 81.8 Å². The largest absolute Gasteiger partial charge is 0.478 e. The van der Waals surface area contributed by atoms with Gasteiger partial charge in [0.15, 0.2) is 0 Å². The predicted molar refractivity (Wildman–Crippen MR) is 138 cm³/mol. The van der Waals surface area contributed by atoms with Crippen LogP contribution in [0.5, 0.6) is 0 Å². The third kappa shape index (κ3) is 6.55. The van der Waals surface area contributed by atoms with Crippen molar-refractivity contribution in [2.24, 2.45) is 0 Å². The maximum absolute atomic E-state index is 13.1. The Kier molecular flexibility index (Phi) is 8.40. The van der Waals surface area contributed by atoms with Gasteiger partial charge in [-0.2, -0.15) is 13.2 Å². The Morgan fingerprint density at radius 2 is 1.62 bits per heavy atom. The van der Waals surface area contributed by atoms with Gasteiger partial charge in [-0.25, -0.2) is 4.79 Å². The molecule has 0 aliphatic rings. The van der Waals surface area contributed by atoms with Gasteiger partial charge in [-0.3, -0.25) is 0 Å². The van der Waals surface area contributed by atoms with E-state index in [0.717, 1.165) is 29.1 Å². The van der Waals surface area contributed by atoms with Crippen LogP contribution in [0.1, 0.15) is 26.4 Å². The lowest BCUT2D eigenvalue weighted by molar-refractivity contribution is -0.138. The van der Waals surface area contributed by atoms with Gasteiger partial charge in [0.05, 0.1) is 11.1 Å². The van der Waals surface area contributed by atoms with E-state index in [-0.39, 0.29) is 6.42 Å². The minimum Gasteiger partial charge on any atom is -0.478 e. The van der Waals surface area contributed by atoms with Gasteiger partial charge in [0, 0.05) is 28.5 Å². The average Bonchev–Trinajstić information content (AvgIpc) is 3.11. The Morgan fingerprint density at radius 3 is 2.25 bits per heavy atom. The molecule has 0 spiro atoms. The van der Waals surface area contributed by atoms with E-state index in [1.54, 1.807) is 18.2 Å². The summed E-state index contributed by atoms with van der Waals surface area (Å²) in [4.78, 5) is 11.5. The minimum atomic E-state index is -4.33. The normalized spacial score (nSPS) is 11.2. The molecule has 2 nitrogen and oxygen atoms in total. The first kappa shape index (κ1) is 25.2. The summed E-state index contributed by atoms with van der Waals surface area (Å²) < 4.78 is 42.5. The number of thiophene rings is 1. The number of aromatic carboxylic acids is 1. The van der Waals surface area contributed by atoms with Gasteiger partial charge in [-0.05, 0) is 82.1 Å². The number of rotatable bonds is 3. The highest BCUT2D eigenvalue weighted by atomic mass is 127. The second kappa shape index (κ2) is 10.7. The number of halogens is 6. The molecule has 0 saturated heterocycles. The van der Waals surface area contributed by atoms with Gasteiger partial charge < -0.3 is 5.11 Å². The van der Waals surface area contributed by atoms with E-state index in [2.05, 4.69) is 31.9 Å². The molecule has 1 heterocycles. The molecule has 0 saturated carbocycles. The zero-order valence-corrected chi connectivity index (χ0v) is 22.2. The number of carboxylic acids is 1. The Hall–Kier alpha value is -1.43. The first-order valence-electron chi connectivity index (χ1n) is 9.06. The Morgan fingerprint density at radius 1 is 0.969 bits per heavy atom. The fraction of sp³-hybridized carbons (Fsp3) is 0.0870. The van der Waals surface area contributed by atoms with Crippen LogP contribution in [0.2, 0.25) is 0 Å². The summed E-state index contributed by atoms with van der Waals surface area (Å²) in [6, 6.07) is 19.0. The van der Waals surface area contributed by atoms with E-state index < -0.39 is 17.7 Å². The van der Waals surface area contributed by atoms with Crippen LogP contribution < -0.4 is 0 Å². The van der Waals surface area contributed by atoms with Gasteiger partial charge >= 0.3 is 12.1 Å². The van der Waals surface area contributed by atoms with Gasteiger partial charge in [0.2, 0.25) is 0 Å². The van der Waals surface area contributed by atoms with Crippen LogP contribution in [0.4, 0.5) is 13.2 Å². The van der Waals surface area contributed by atoms with Crippen molar-refractivity contribution in [3.63, 3.8) is 0 Å². The van der Waals surface area contributed by atoms with E-state index >= 15 is 0 Å². The van der Waals surface area contributed by atoms with Gasteiger partial charge in [0.25, 0.3) is 0 Å². The summed E-state index contributed by atoms with van der Waals surface area (Å²) >= 11 is 9.97. The highest BCUT2D eigenvalue weighted by Gasteiger charge is 2.33. The summed E-state index contributed by atoms with van der Waals surface area (Å²) in [6.07, 6.45) is -4.04. The first-order chi connectivity index (χ1) is 15.0. The lowest BCUT2D eigenvalue weighted by atomic mass is 10.0. The molecule has 9 heteroatoms. The molecule has 0 atom stereocenters. The Bertz CT molecular complexity index is 1240. The molecule has 0 bridgehead atoms. The third-order valence-corrected chi connectivity index (χ3v) is 7.42. The van der Waals surface area contributed by atoms with Crippen molar-refractivity contribution in [2.45, 2.75) is 12.6 Å². The molecular formula is C23H14Br2F3IO2S. The second-order valence-corrected chi connectivity index (χ2v) is 10.8. The number of hydrogen-bond acceptors (Lipinski definition) is 2. The van der Waals surface area contributed by atoms with Gasteiger partial charge in [0.1, 0.15) is 0 Å². The molecule has 4 rings (SSSR count). The SMILES string of the molecule is FC(F)(F)c1ccc(Br)cc1Cc1cc2ccccc2s1.O=C(O)c1cc(Br)ccc1I. The summed E-state index contributed by atoms with van der Waals surface area (Å²) in [5, 5.41) is 9.73. The third-order valence-electron chi connectivity index (χ3n) is 4.37. The number of fused-ring (bicyclic) bond motifs is 1. The molecule has 0 aliphatic carbocycles. The Labute approximate surface area is 216 Å². The van der Waals surface area contributed by atoms with E-state index in [0.29, 0.717) is 15.6 Å². The van der Waals surface area contributed by atoms with Gasteiger partial charge in [-0.1, -0.05) is 50.1 Å². The maximum atomic E-state index is 13.1. The van der Waals surface area contributed by atoms with Crippen molar-refractivity contribution in [1.82, 2.24) is 0 Å². The number of carbonyl (C=O) groups is 1. The average molecular weight is 698 g/mol. The van der Waals surface area contributed by atoms with Crippen molar-refractivity contribution in [3.05, 3.63) is 101 Å². The highest BCUT2D eigenvalue weighted by Crippen LogP contribution is 2.36. The zero-order chi connectivity index (χ0) is 23.5. The number of benzene rings is 3. The van der Waals surface area contributed by atoms with Crippen LogP contribution in [0.15, 0.2) is 75.7 Å². The van der Waals surface area contributed by atoms with Crippen molar-refractivity contribution in [2.75, 3.05) is 0 Å². The van der Waals surface area contributed by atoms with Crippen LogP contribution in [0.25, 0.3) is 10.1 Å². The zero-order valence-electron chi connectivity index (χ0n) is 16.1. The molecule has 0 amide bonds. The quantitative estimate of drug-likeness (QED) is 0.217. The monoisotopic (exact) mass is 696 g/mol. The van der Waals surface area contributed by atoms with Crippen molar-refractivity contribution < 1.29 is 23.1 Å². The van der Waals surface area contributed by atoms with Gasteiger partial charge in [-0.15, -0.1) is 11.3 Å². The van der Waals surface area contributed by atoms with Crippen molar-refractivity contribution in [1.29, 1.82) is 0 Å². The van der Waals surface area contributed by atoms with Crippen molar-refractivity contribution in [3.8, 4) is 0 Å². The standard InChI is InChI=1S/C16H10BrF3S.C7H4BrIO2/c17-12-5-6-14(16(18,19)20)11(7-12)9-13-8-10-3-1-2-4-15(10)21-13;8-4-1-2-6(9)5(3-4)7(10)11/h1-8H,9H2;1-3H,(H,10,11). The fourth-order valence-electron chi connectivity index (χ4n) is 2.96. The maximum Gasteiger partial charge on any atom is 0.416 e. The number of alkyl halides is 3. The summed E-state index contributed by atoms with van der Waals surface area (Å²) in [6.45, 7) is 0. The highest BCUT2D eigenvalue weighted by molar-refractivity contribution is 14.1. The lowest BCUT2D eigenvalue weighted by Gasteiger charge is -2.12. The first-order valence-corrected chi connectivity index (χ1v) is 12.5. The van der Waals surface area contributed by atoms with E-state index in [1.807, 2.05) is 59.0 Å². The number of carboxylic acid groups (broad SMARTS) is 1. The summed E-state index contributed by atoms with van der Waals surface area (Å²) in [7, 11) is 0. The van der Waals surface area contributed by atoms with E-state index in [4.69, 9.17) is 5.11 Å².